The van der Waals surface area contributed by atoms with Gasteiger partial charge < -0.3 is 10.6 Å². The van der Waals surface area contributed by atoms with Crippen LogP contribution in [-0.2, 0) is 11.0 Å². The van der Waals surface area contributed by atoms with E-state index < -0.39 is 17.8 Å². The first-order valence-corrected chi connectivity index (χ1v) is 6.18. The van der Waals surface area contributed by atoms with Crippen LogP contribution in [0.5, 0.6) is 0 Å². The second-order valence-corrected chi connectivity index (χ2v) is 4.95. The summed E-state index contributed by atoms with van der Waals surface area (Å²) in [7, 11) is 3.19. The summed E-state index contributed by atoms with van der Waals surface area (Å²) in [5.74, 6) is -0.215. The molecule has 0 aliphatic heterocycles. The van der Waals surface area contributed by atoms with Crippen molar-refractivity contribution < 1.29 is 18.0 Å². The zero-order valence-corrected chi connectivity index (χ0v) is 11.8. The van der Waals surface area contributed by atoms with Crippen molar-refractivity contribution in [1.29, 1.82) is 0 Å². The highest BCUT2D eigenvalue weighted by molar-refractivity contribution is 5.85. The smallest absolute Gasteiger partial charge is 0.369 e. The number of fused-ring (bicyclic) bond motifs is 1. The van der Waals surface area contributed by atoms with Crippen LogP contribution in [-0.4, -0.2) is 34.5 Å². The van der Waals surface area contributed by atoms with E-state index in [1.165, 1.54) is 15.5 Å². The van der Waals surface area contributed by atoms with E-state index in [4.69, 9.17) is 5.73 Å². The molecule has 8 heteroatoms. The molecule has 0 radical (unpaired) electrons. The molecular formula is C13H15F3N4O. The number of alkyl halides is 3. The van der Waals surface area contributed by atoms with Gasteiger partial charge in [0.2, 0.25) is 11.9 Å². The van der Waals surface area contributed by atoms with Crippen LogP contribution < -0.4 is 5.73 Å². The molecule has 114 valence electrons. The lowest BCUT2D eigenvalue weighted by Crippen LogP contribution is -2.30. The highest BCUT2D eigenvalue weighted by atomic mass is 19.4. The topological polar surface area (TPSA) is 64.2 Å². The Morgan fingerprint density at radius 1 is 1.38 bits per heavy atom. The Morgan fingerprint density at radius 3 is 2.52 bits per heavy atom. The van der Waals surface area contributed by atoms with E-state index in [2.05, 4.69) is 4.98 Å². The molecule has 1 aromatic carbocycles. The third-order valence-electron chi connectivity index (χ3n) is 3.23. The Kier molecular flexibility index (Phi) is 3.56. The Balaban J connectivity index is 2.56. The van der Waals surface area contributed by atoms with E-state index in [0.717, 1.165) is 12.1 Å². The van der Waals surface area contributed by atoms with Gasteiger partial charge in [-0.25, -0.2) is 4.98 Å². The summed E-state index contributed by atoms with van der Waals surface area (Å²) in [5, 5.41) is 0. The molecule has 2 aromatic rings. The minimum absolute atomic E-state index is 0.00650. The minimum atomic E-state index is -4.45. The van der Waals surface area contributed by atoms with Gasteiger partial charge in [-0.2, -0.15) is 13.2 Å². The van der Waals surface area contributed by atoms with Gasteiger partial charge in [0.25, 0.3) is 0 Å². The number of hydrogen-bond acceptors (Lipinski definition) is 3. The average Bonchev–Trinajstić information content (AvgIpc) is 2.70. The normalized spacial score (nSPS) is 13.4. The Morgan fingerprint density at radius 2 is 2.00 bits per heavy atom. The van der Waals surface area contributed by atoms with Crippen LogP contribution in [0, 0.1) is 0 Å². The standard InChI is InChI=1S/C13H15F3N4O/c1-7(11(21)19(2)3)20-10-5-4-8(13(14,15)16)6-9(10)18-12(20)17/h4-7H,1-3H3,(H2,17,18). The molecule has 0 aliphatic carbocycles. The number of likely N-dealkylation sites (N-methyl/N-ethyl adjacent to an activating group) is 1. The highest BCUT2D eigenvalue weighted by Gasteiger charge is 2.31. The Labute approximate surface area is 119 Å². The Hall–Kier alpha value is -2.25. The molecule has 0 saturated heterocycles. The van der Waals surface area contributed by atoms with Crippen LogP contribution in [0.4, 0.5) is 19.1 Å². The van der Waals surface area contributed by atoms with E-state index in [9.17, 15) is 18.0 Å². The number of rotatable bonds is 2. The van der Waals surface area contributed by atoms with Gasteiger partial charge in [0.1, 0.15) is 6.04 Å². The van der Waals surface area contributed by atoms with Gasteiger partial charge in [-0.3, -0.25) is 9.36 Å². The van der Waals surface area contributed by atoms with Crippen LogP contribution in [0.15, 0.2) is 18.2 Å². The third-order valence-corrected chi connectivity index (χ3v) is 3.23. The summed E-state index contributed by atoms with van der Waals surface area (Å²) in [6.07, 6.45) is -4.45. The first-order valence-electron chi connectivity index (χ1n) is 6.18. The monoisotopic (exact) mass is 300 g/mol. The summed E-state index contributed by atoms with van der Waals surface area (Å²) in [5.41, 5.74) is 5.46. The van der Waals surface area contributed by atoms with Crippen LogP contribution in [0.2, 0.25) is 0 Å². The predicted molar refractivity (Wildman–Crippen MR) is 72.6 cm³/mol. The molecule has 1 amide bonds. The maximum Gasteiger partial charge on any atom is 0.416 e. The van der Waals surface area contributed by atoms with Crippen molar-refractivity contribution in [3.8, 4) is 0 Å². The number of benzene rings is 1. The molecule has 0 spiro atoms. The lowest BCUT2D eigenvalue weighted by Gasteiger charge is -2.19. The lowest BCUT2D eigenvalue weighted by atomic mass is 10.2. The molecule has 5 nitrogen and oxygen atoms in total. The van der Waals surface area contributed by atoms with E-state index in [-0.39, 0.29) is 17.4 Å². The fourth-order valence-corrected chi connectivity index (χ4v) is 2.18. The lowest BCUT2D eigenvalue weighted by molar-refractivity contribution is -0.137. The van der Waals surface area contributed by atoms with Crippen molar-refractivity contribution in [2.45, 2.75) is 19.1 Å². The van der Waals surface area contributed by atoms with Crippen molar-refractivity contribution >= 4 is 22.9 Å². The summed E-state index contributed by atoms with van der Waals surface area (Å²) in [6, 6.07) is 2.50. The summed E-state index contributed by atoms with van der Waals surface area (Å²) in [4.78, 5) is 17.3. The molecule has 2 N–H and O–H groups in total. The minimum Gasteiger partial charge on any atom is -0.369 e. The number of carbonyl (C=O) groups is 1. The molecule has 0 bridgehead atoms. The van der Waals surface area contributed by atoms with Gasteiger partial charge in [0.15, 0.2) is 0 Å². The molecule has 1 heterocycles. The van der Waals surface area contributed by atoms with Crippen molar-refractivity contribution in [3.63, 3.8) is 0 Å². The van der Waals surface area contributed by atoms with E-state index in [0.29, 0.717) is 5.52 Å². The number of hydrogen-bond donors (Lipinski definition) is 1. The number of nitrogen functional groups attached to an aromatic ring is 1. The molecular weight excluding hydrogens is 285 g/mol. The van der Waals surface area contributed by atoms with Gasteiger partial charge in [0, 0.05) is 14.1 Å². The number of halogens is 3. The zero-order valence-electron chi connectivity index (χ0n) is 11.8. The number of amides is 1. The second kappa shape index (κ2) is 4.94. The quantitative estimate of drug-likeness (QED) is 0.925. The van der Waals surface area contributed by atoms with E-state index in [1.807, 2.05) is 0 Å². The number of aromatic nitrogens is 2. The predicted octanol–water partition coefficient (Wildman–Crippen LogP) is 2.29. The van der Waals surface area contributed by atoms with Gasteiger partial charge in [0.05, 0.1) is 16.6 Å². The van der Waals surface area contributed by atoms with Crippen LogP contribution in [0.25, 0.3) is 11.0 Å². The number of nitrogens with two attached hydrogens (primary N) is 1. The number of carbonyl (C=O) groups excluding carboxylic acids is 1. The summed E-state index contributed by atoms with van der Waals surface area (Å²) >= 11 is 0. The molecule has 1 atom stereocenters. The van der Waals surface area contributed by atoms with Crippen LogP contribution in [0.3, 0.4) is 0 Å². The van der Waals surface area contributed by atoms with Crippen LogP contribution >= 0.6 is 0 Å². The second-order valence-electron chi connectivity index (χ2n) is 4.95. The molecule has 1 unspecified atom stereocenters. The fraction of sp³-hybridized carbons (Fsp3) is 0.385. The van der Waals surface area contributed by atoms with E-state index >= 15 is 0 Å². The van der Waals surface area contributed by atoms with Crippen molar-refractivity contribution in [2.75, 3.05) is 19.8 Å². The largest absolute Gasteiger partial charge is 0.416 e. The Bertz CT molecular complexity index is 691. The van der Waals surface area contributed by atoms with Crippen molar-refractivity contribution in [2.24, 2.45) is 0 Å². The first-order chi connectivity index (χ1) is 9.62. The van der Waals surface area contributed by atoms with Crippen molar-refractivity contribution in [1.82, 2.24) is 14.5 Å². The van der Waals surface area contributed by atoms with E-state index in [1.54, 1.807) is 21.0 Å². The molecule has 0 aliphatic rings. The third kappa shape index (κ3) is 2.65. The van der Waals surface area contributed by atoms with Crippen LogP contribution in [0.1, 0.15) is 18.5 Å². The molecule has 2 rings (SSSR count). The summed E-state index contributed by atoms with van der Waals surface area (Å²) < 4.78 is 39.5. The fourth-order valence-electron chi connectivity index (χ4n) is 2.18. The highest BCUT2D eigenvalue weighted by Crippen LogP contribution is 2.32. The SMILES string of the molecule is CC(C(=O)N(C)C)n1c(N)nc2cc(C(F)(F)F)ccc21. The van der Waals surface area contributed by atoms with Gasteiger partial charge in [-0.05, 0) is 25.1 Å². The van der Waals surface area contributed by atoms with Gasteiger partial charge in [-0.1, -0.05) is 0 Å². The molecule has 0 fully saturated rings. The number of anilines is 1. The van der Waals surface area contributed by atoms with Gasteiger partial charge >= 0.3 is 6.18 Å². The maximum absolute atomic E-state index is 12.7. The average molecular weight is 300 g/mol. The first kappa shape index (κ1) is 15.1. The molecule has 0 saturated carbocycles. The van der Waals surface area contributed by atoms with Crippen molar-refractivity contribution in [3.05, 3.63) is 23.8 Å². The molecule has 21 heavy (non-hydrogen) atoms. The maximum atomic E-state index is 12.7. The molecule has 1 aromatic heterocycles. The van der Waals surface area contributed by atoms with Gasteiger partial charge in [-0.15, -0.1) is 0 Å². The summed E-state index contributed by atoms with van der Waals surface area (Å²) in [6.45, 7) is 1.62. The number of nitrogens with zero attached hydrogens (tertiary/aromatic N) is 3. The zero-order chi connectivity index (χ0) is 15.9. The number of imidazole rings is 1.